The molecule has 0 saturated carbocycles. The third-order valence-electron chi connectivity index (χ3n) is 6.25. The minimum Gasteiger partial charge on any atom is -0.366 e. The van der Waals surface area contributed by atoms with E-state index in [9.17, 15) is 10.1 Å². The van der Waals surface area contributed by atoms with Gasteiger partial charge in [-0.3, -0.25) is 4.79 Å². The second-order valence-electron chi connectivity index (χ2n) is 8.85. The molecule has 0 radical (unpaired) electrons. The van der Waals surface area contributed by atoms with Crippen molar-refractivity contribution in [1.29, 1.82) is 5.26 Å². The predicted octanol–water partition coefficient (Wildman–Crippen LogP) is 5.96. The maximum atomic E-state index is 12.7. The van der Waals surface area contributed by atoms with Crippen LogP contribution in [0.3, 0.4) is 0 Å². The molecule has 4 heteroatoms. The highest BCUT2D eigenvalue weighted by molar-refractivity contribution is 6.10. The third kappa shape index (κ3) is 4.11. The number of aryl methyl sites for hydroxylation is 1. The first-order valence-electron chi connectivity index (χ1n) is 10.6. The number of nitriles is 1. The van der Waals surface area contributed by atoms with Gasteiger partial charge in [-0.15, -0.1) is 0 Å². The number of hydrogen-bond donors (Lipinski definition) is 1. The molecule has 1 aliphatic heterocycles. The molecule has 1 atom stereocenters. The van der Waals surface area contributed by atoms with E-state index in [1.807, 2.05) is 38.1 Å². The summed E-state index contributed by atoms with van der Waals surface area (Å²) in [4.78, 5) is 15.2. The third-order valence-corrected chi connectivity index (χ3v) is 6.25. The van der Waals surface area contributed by atoms with Crippen molar-refractivity contribution in [3.63, 3.8) is 0 Å². The summed E-state index contributed by atoms with van der Waals surface area (Å²) in [7, 11) is 0. The minimum atomic E-state index is -0.381. The first kappa shape index (κ1) is 21.6. The summed E-state index contributed by atoms with van der Waals surface area (Å²) < 4.78 is 0. The average Bonchev–Trinajstić information content (AvgIpc) is 2.69. The molecule has 1 amide bonds. The molecule has 3 rings (SSSR count). The number of anilines is 2. The normalized spacial score (nSPS) is 17.8. The highest BCUT2D eigenvalue weighted by atomic mass is 16.1. The molecule has 30 heavy (non-hydrogen) atoms. The summed E-state index contributed by atoms with van der Waals surface area (Å²) in [6.45, 7) is 13.9. The summed E-state index contributed by atoms with van der Waals surface area (Å²) in [6.07, 6.45) is 2.75. The van der Waals surface area contributed by atoms with Crippen LogP contribution in [-0.2, 0) is 4.79 Å². The molecule has 0 saturated heterocycles. The largest absolute Gasteiger partial charge is 0.366 e. The Bertz CT molecular complexity index is 1040. The minimum absolute atomic E-state index is 0.104. The van der Waals surface area contributed by atoms with Gasteiger partial charge in [0.25, 0.3) is 5.91 Å². The van der Waals surface area contributed by atoms with Crippen molar-refractivity contribution in [2.75, 3.05) is 16.8 Å². The number of hydrogen-bond acceptors (Lipinski definition) is 3. The van der Waals surface area contributed by atoms with Crippen LogP contribution in [0, 0.1) is 25.2 Å². The second kappa shape index (κ2) is 8.36. The fraction of sp³-hybridized carbons (Fsp3) is 0.385. The van der Waals surface area contributed by atoms with Gasteiger partial charge in [0.2, 0.25) is 0 Å². The Balaban J connectivity index is 1.92. The lowest BCUT2D eigenvalue weighted by Gasteiger charge is -2.47. The van der Waals surface area contributed by atoms with Crippen LogP contribution in [0.5, 0.6) is 0 Å². The topological polar surface area (TPSA) is 56.1 Å². The van der Waals surface area contributed by atoms with Crippen molar-refractivity contribution in [2.24, 2.45) is 0 Å². The molecule has 0 fully saturated rings. The second-order valence-corrected chi connectivity index (χ2v) is 8.85. The lowest BCUT2D eigenvalue weighted by molar-refractivity contribution is -0.112. The van der Waals surface area contributed by atoms with Crippen molar-refractivity contribution in [3.8, 4) is 6.07 Å². The molecular formula is C26H31N3O. The number of carbonyl (C=O) groups is 1. The van der Waals surface area contributed by atoms with Crippen LogP contribution in [0.15, 0.2) is 42.0 Å². The predicted molar refractivity (Wildman–Crippen MR) is 125 cm³/mol. The highest BCUT2D eigenvalue weighted by Gasteiger charge is 2.35. The number of nitrogens with zero attached hydrogens (tertiary/aromatic N) is 2. The van der Waals surface area contributed by atoms with Crippen LogP contribution in [0.4, 0.5) is 11.4 Å². The molecule has 0 aromatic heterocycles. The molecule has 0 spiro atoms. The maximum Gasteiger partial charge on any atom is 0.266 e. The van der Waals surface area contributed by atoms with Crippen molar-refractivity contribution in [2.45, 2.75) is 59.4 Å². The Morgan fingerprint density at radius 2 is 2.03 bits per heavy atom. The first-order valence-corrected chi connectivity index (χ1v) is 10.6. The zero-order valence-electron chi connectivity index (χ0n) is 18.8. The number of amides is 1. The molecule has 0 bridgehead atoms. The van der Waals surface area contributed by atoms with Gasteiger partial charge < -0.3 is 10.2 Å². The van der Waals surface area contributed by atoms with E-state index < -0.39 is 0 Å². The number of carbonyl (C=O) groups excluding carboxylic acids is 1. The van der Waals surface area contributed by atoms with Crippen LogP contribution in [-0.4, -0.2) is 18.0 Å². The maximum absolute atomic E-state index is 12.7. The van der Waals surface area contributed by atoms with Gasteiger partial charge in [0, 0.05) is 23.5 Å². The Labute approximate surface area is 180 Å². The SMILES string of the molecule is CCN1c2ccc(/C=C(/C#N)C(=O)Nc3cccc(C)c3C)cc2[C@@H](C)CC1(C)C. The zero-order valence-corrected chi connectivity index (χ0v) is 18.8. The van der Waals surface area contributed by atoms with Crippen LogP contribution in [0.2, 0.25) is 0 Å². The monoisotopic (exact) mass is 401 g/mol. The number of fused-ring (bicyclic) bond motifs is 1. The number of nitrogens with one attached hydrogen (secondary N) is 1. The van der Waals surface area contributed by atoms with E-state index in [-0.39, 0.29) is 17.0 Å². The van der Waals surface area contributed by atoms with Crippen LogP contribution < -0.4 is 10.2 Å². The van der Waals surface area contributed by atoms with Gasteiger partial charge in [-0.05, 0) is 93.5 Å². The zero-order chi connectivity index (χ0) is 22.1. The smallest absolute Gasteiger partial charge is 0.266 e. The van der Waals surface area contributed by atoms with Gasteiger partial charge in [-0.1, -0.05) is 25.1 Å². The molecule has 1 N–H and O–H groups in total. The molecule has 0 unspecified atom stereocenters. The Hall–Kier alpha value is -3.06. The van der Waals surface area contributed by atoms with Crippen molar-refractivity contribution in [1.82, 2.24) is 0 Å². The first-order chi connectivity index (χ1) is 14.2. The quantitative estimate of drug-likeness (QED) is 0.508. The fourth-order valence-corrected chi connectivity index (χ4v) is 4.59. The Morgan fingerprint density at radius 3 is 2.70 bits per heavy atom. The van der Waals surface area contributed by atoms with Gasteiger partial charge in [0.1, 0.15) is 11.6 Å². The summed E-state index contributed by atoms with van der Waals surface area (Å²) in [6, 6.07) is 14.1. The Morgan fingerprint density at radius 1 is 1.30 bits per heavy atom. The fourth-order valence-electron chi connectivity index (χ4n) is 4.59. The van der Waals surface area contributed by atoms with Gasteiger partial charge >= 0.3 is 0 Å². The van der Waals surface area contributed by atoms with Crippen molar-refractivity contribution in [3.05, 3.63) is 64.2 Å². The van der Waals surface area contributed by atoms with Crippen molar-refractivity contribution >= 4 is 23.4 Å². The van der Waals surface area contributed by atoms with E-state index in [4.69, 9.17) is 0 Å². The molecule has 1 aliphatic rings. The van der Waals surface area contributed by atoms with Gasteiger partial charge in [-0.2, -0.15) is 5.26 Å². The van der Waals surface area contributed by atoms with E-state index >= 15 is 0 Å². The average molecular weight is 402 g/mol. The molecule has 4 nitrogen and oxygen atoms in total. The molecule has 0 aliphatic carbocycles. The standard InChI is InChI=1S/C26H31N3O/c1-7-29-24-12-11-20(14-22(24)18(3)15-26(29,5)6)13-21(16-27)25(30)28-23-10-8-9-17(2)19(23)4/h8-14,18H,7,15H2,1-6H3,(H,28,30)/b21-13-/t18-/m0/s1. The molecular weight excluding hydrogens is 370 g/mol. The van der Waals surface area contributed by atoms with Crippen LogP contribution in [0.1, 0.15) is 62.3 Å². The highest BCUT2D eigenvalue weighted by Crippen LogP contribution is 2.43. The van der Waals surface area contributed by atoms with E-state index in [0.717, 1.165) is 35.3 Å². The summed E-state index contributed by atoms with van der Waals surface area (Å²) in [5.41, 5.74) is 6.46. The van der Waals surface area contributed by atoms with E-state index in [2.05, 4.69) is 56.1 Å². The molecule has 156 valence electrons. The van der Waals surface area contributed by atoms with E-state index in [0.29, 0.717) is 5.92 Å². The van der Waals surface area contributed by atoms with Crippen molar-refractivity contribution < 1.29 is 4.79 Å². The summed E-state index contributed by atoms with van der Waals surface area (Å²) in [5, 5.41) is 12.5. The van der Waals surface area contributed by atoms with E-state index in [1.54, 1.807) is 6.08 Å². The Kier molecular flexibility index (Phi) is 6.03. The summed E-state index contributed by atoms with van der Waals surface area (Å²) >= 11 is 0. The van der Waals surface area contributed by atoms with Gasteiger partial charge in [-0.25, -0.2) is 0 Å². The van der Waals surface area contributed by atoms with E-state index in [1.165, 1.54) is 11.3 Å². The molecule has 2 aromatic rings. The molecule has 1 heterocycles. The van der Waals surface area contributed by atoms with Gasteiger partial charge in [0.15, 0.2) is 0 Å². The van der Waals surface area contributed by atoms with Crippen LogP contribution in [0.25, 0.3) is 6.08 Å². The molecule has 2 aromatic carbocycles. The number of benzene rings is 2. The number of rotatable bonds is 4. The van der Waals surface area contributed by atoms with Gasteiger partial charge in [0.05, 0.1) is 0 Å². The van der Waals surface area contributed by atoms with Crippen LogP contribution >= 0.6 is 0 Å². The summed E-state index contributed by atoms with van der Waals surface area (Å²) in [5.74, 6) is 0.0359. The lowest BCUT2D eigenvalue weighted by atomic mass is 9.79. The lowest BCUT2D eigenvalue weighted by Crippen LogP contribution is -2.48.